The van der Waals surface area contributed by atoms with Gasteiger partial charge in [0.15, 0.2) is 0 Å². The van der Waals surface area contributed by atoms with Gasteiger partial charge in [0.05, 0.1) is 12.7 Å². The molecule has 0 fully saturated rings. The minimum absolute atomic E-state index is 0.189. The Bertz CT molecular complexity index is 926. The van der Waals surface area contributed by atoms with Gasteiger partial charge in [-0.15, -0.1) is 0 Å². The Balaban J connectivity index is 1.48. The molecule has 2 N–H and O–H groups in total. The standard InChI is InChI=1S/C22H24N4O2/c1-16-6-3-4-8-18(16)13-24-21(27)19-14-25-22(26-15-19)23-11-10-17-7-5-9-20(12-17)28-2/h3-9,12,14-15H,10-11,13H2,1-2H3,(H,24,27)(H,23,25,26). The third-order valence-corrected chi connectivity index (χ3v) is 4.45. The van der Waals surface area contributed by atoms with Crippen LogP contribution in [-0.2, 0) is 13.0 Å². The number of nitrogens with zero attached hydrogens (tertiary/aromatic N) is 2. The van der Waals surface area contributed by atoms with E-state index < -0.39 is 0 Å². The lowest BCUT2D eigenvalue weighted by molar-refractivity contribution is 0.0950. The van der Waals surface area contributed by atoms with Crippen LogP contribution in [0.1, 0.15) is 27.0 Å². The van der Waals surface area contributed by atoms with Crippen molar-refractivity contribution in [3.8, 4) is 5.75 Å². The van der Waals surface area contributed by atoms with E-state index in [1.165, 1.54) is 18.0 Å². The number of benzene rings is 2. The lowest BCUT2D eigenvalue weighted by Gasteiger charge is -2.09. The molecule has 0 aliphatic carbocycles. The summed E-state index contributed by atoms with van der Waals surface area (Å²) in [6.07, 6.45) is 3.89. The van der Waals surface area contributed by atoms with Crippen molar-refractivity contribution in [1.29, 1.82) is 0 Å². The largest absolute Gasteiger partial charge is 0.497 e. The Hall–Kier alpha value is -3.41. The van der Waals surface area contributed by atoms with E-state index in [0.717, 1.165) is 23.3 Å². The van der Waals surface area contributed by atoms with Crippen LogP contribution in [0.5, 0.6) is 5.75 Å². The van der Waals surface area contributed by atoms with Gasteiger partial charge in [-0.3, -0.25) is 4.79 Å². The fourth-order valence-electron chi connectivity index (χ4n) is 2.77. The number of carbonyl (C=O) groups excluding carboxylic acids is 1. The molecule has 144 valence electrons. The van der Waals surface area contributed by atoms with Crippen molar-refractivity contribution >= 4 is 11.9 Å². The minimum Gasteiger partial charge on any atom is -0.497 e. The number of carbonyl (C=O) groups is 1. The quantitative estimate of drug-likeness (QED) is 0.630. The number of nitrogens with one attached hydrogen (secondary N) is 2. The summed E-state index contributed by atoms with van der Waals surface area (Å²) in [5.74, 6) is 1.15. The molecule has 0 saturated carbocycles. The number of aryl methyl sites for hydroxylation is 1. The molecule has 0 aliphatic rings. The number of aromatic nitrogens is 2. The first-order valence-electron chi connectivity index (χ1n) is 9.17. The minimum atomic E-state index is -0.189. The van der Waals surface area contributed by atoms with E-state index >= 15 is 0 Å². The maximum Gasteiger partial charge on any atom is 0.254 e. The Morgan fingerprint density at radius 2 is 1.86 bits per heavy atom. The molecule has 2 aromatic carbocycles. The van der Waals surface area contributed by atoms with E-state index in [9.17, 15) is 4.79 Å². The summed E-state index contributed by atoms with van der Waals surface area (Å²) in [5.41, 5.74) is 3.84. The van der Waals surface area contributed by atoms with Gasteiger partial charge < -0.3 is 15.4 Å². The van der Waals surface area contributed by atoms with Crippen molar-refractivity contribution < 1.29 is 9.53 Å². The highest BCUT2D eigenvalue weighted by Gasteiger charge is 2.08. The van der Waals surface area contributed by atoms with Crippen LogP contribution in [0.4, 0.5) is 5.95 Å². The lowest BCUT2D eigenvalue weighted by atomic mass is 10.1. The van der Waals surface area contributed by atoms with Gasteiger partial charge >= 0.3 is 0 Å². The number of anilines is 1. The second-order valence-electron chi connectivity index (χ2n) is 6.43. The van der Waals surface area contributed by atoms with Crippen LogP contribution in [-0.4, -0.2) is 29.5 Å². The number of amides is 1. The summed E-state index contributed by atoms with van der Waals surface area (Å²) < 4.78 is 5.23. The number of methoxy groups -OCH3 is 1. The Kier molecular flexibility index (Phi) is 6.57. The first kappa shape index (κ1) is 19.4. The van der Waals surface area contributed by atoms with Gasteiger partial charge in [0.2, 0.25) is 5.95 Å². The summed E-state index contributed by atoms with van der Waals surface area (Å²) in [5, 5.41) is 6.07. The molecule has 1 amide bonds. The fraction of sp³-hybridized carbons (Fsp3) is 0.227. The molecule has 0 atom stereocenters. The predicted molar refractivity (Wildman–Crippen MR) is 110 cm³/mol. The third kappa shape index (κ3) is 5.30. The highest BCUT2D eigenvalue weighted by molar-refractivity contribution is 5.93. The molecule has 28 heavy (non-hydrogen) atoms. The van der Waals surface area contributed by atoms with Crippen LogP contribution in [0.15, 0.2) is 60.9 Å². The first-order valence-corrected chi connectivity index (χ1v) is 9.17. The van der Waals surface area contributed by atoms with Crippen molar-refractivity contribution in [2.24, 2.45) is 0 Å². The molecule has 0 aliphatic heterocycles. The summed E-state index contributed by atoms with van der Waals surface area (Å²) in [7, 11) is 1.66. The Labute approximate surface area is 165 Å². The summed E-state index contributed by atoms with van der Waals surface area (Å²) in [4.78, 5) is 20.7. The van der Waals surface area contributed by atoms with Crippen LogP contribution in [0.25, 0.3) is 0 Å². The molecule has 0 saturated heterocycles. The fourth-order valence-corrected chi connectivity index (χ4v) is 2.77. The second-order valence-corrected chi connectivity index (χ2v) is 6.43. The average Bonchev–Trinajstić information content (AvgIpc) is 2.73. The normalized spacial score (nSPS) is 10.4. The van der Waals surface area contributed by atoms with Crippen molar-refractivity contribution in [2.45, 2.75) is 19.9 Å². The number of ether oxygens (including phenoxy) is 1. The highest BCUT2D eigenvalue weighted by Crippen LogP contribution is 2.13. The lowest BCUT2D eigenvalue weighted by Crippen LogP contribution is -2.23. The summed E-state index contributed by atoms with van der Waals surface area (Å²) in [6, 6.07) is 15.9. The Morgan fingerprint density at radius 1 is 1.07 bits per heavy atom. The smallest absolute Gasteiger partial charge is 0.254 e. The molecule has 0 spiro atoms. The zero-order chi connectivity index (χ0) is 19.8. The van der Waals surface area contributed by atoms with Gasteiger partial charge in [0, 0.05) is 25.5 Å². The van der Waals surface area contributed by atoms with Gasteiger partial charge in [0.1, 0.15) is 5.75 Å². The zero-order valence-electron chi connectivity index (χ0n) is 16.1. The maximum atomic E-state index is 12.3. The zero-order valence-corrected chi connectivity index (χ0v) is 16.1. The second kappa shape index (κ2) is 9.50. The van der Waals surface area contributed by atoms with E-state index in [0.29, 0.717) is 24.6 Å². The van der Waals surface area contributed by atoms with Crippen LogP contribution in [0, 0.1) is 6.92 Å². The molecular formula is C22H24N4O2. The van der Waals surface area contributed by atoms with Crippen LogP contribution >= 0.6 is 0 Å². The molecule has 0 unspecified atom stereocenters. The van der Waals surface area contributed by atoms with E-state index in [1.54, 1.807) is 7.11 Å². The van der Waals surface area contributed by atoms with Gasteiger partial charge in [-0.2, -0.15) is 0 Å². The van der Waals surface area contributed by atoms with E-state index in [4.69, 9.17) is 4.74 Å². The average molecular weight is 376 g/mol. The van der Waals surface area contributed by atoms with Crippen LogP contribution in [0.3, 0.4) is 0 Å². The number of hydrogen-bond acceptors (Lipinski definition) is 5. The molecule has 3 aromatic rings. The maximum absolute atomic E-state index is 12.3. The van der Waals surface area contributed by atoms with Crippen LogP contribution in [0.2, 0.25) is 0 Å². The third-order valence-electron chi connectivity index (χ3n) is 4.45. The van der Waals surface area contributed by atoms with Crippen LogP contribution < -0.4 is 15.4 Å². The number of hydrogen-bond donors (Lipinski definition) is 2. The van der Waals surface area contributed by atoms with Crippen molar-refractivity contribution in [3.05, 3.63) is 83.2 Å². The van der Waals surface area contributed by atoms with Crippen molar-refractivity contribution in [2.75, 3.05) is 19.0 Å². The molecule has 1 aromatic heterocycles. The molecule has 6 nitrogen and oxygen atoms in total. The molecule has 0 bridgehead atoms. The summed E-state index contributed by atoms with van der Waals surface area (Å²) in [6.45, 7) is 3.19. The molecule has 1 heterocycles. The van der Waals surface area contributed by atoms with Gasteiger partial charge in [0.25, 0.3) is 5.91 Å². The van der Waals surface area contributed by atoms with E-state index in [-0.39, 0.29) is 5.91 Å². The monoisotopic (exact) mass is 376 g/mol. The Morgan fingerprint density at radius 3 is 2.61 bits per heavy atom. The summed E-state index contributed by atoms with van der Waals surface area (Å²) >= 11 is 0. The van der Waals surface area contributed by atoms with Gasteiger partial charge in [-0.25, -0.2) is 9.97 Å². The van der Waals surface area contributed by atoms with Gasteiger partial charge in [-0.1, -0.05) is 36.4 Å². The van der Waals surface area contributed by atoms with Crippen molar-refractivity contribution in [3.63, 3.8) is 0 Å². The van der Waals surface area contributed by atoms with E-state index in [2.05, 4.69) is 20.6 Å². The molecular weight excluding hydrogens is 352 g/mol. The first-order chi connectivity index (χ1) is 13.7. The molecule has 0 radical (unpaired) electrons. The van der Waals surface area contributed by atoms with Crippen molar-refractivity contribution in [1.82, 2.24) is 15.3 Å². The number of rotatable bonds is 8. The highest BCUT2D eigenvalue weighted by atomic mass is 16.5. The SMILES string of the molecule is COc1cccc(CCNc2ncc(C(=O)NCc3ccccc3C)cn2)c1. The molecule has 3 rings (SSSR count). The predicted octanol–water partition coefficient (Wildman–Crippen LogP) is 3.38. The van der Waals surface area contributed by atoms with E-state index in [1.807, 2.05) is 55.5 Å². The van der Waals surface area contributed by atoms with Gasteiger partial charge in [-0.05, 0) is 42.2 Å². The topological polar surface area (TPSA) is 76.1 Å². The molecule has 6 heteroatoms.